The van der Waals surface area contributed by atoms with Crippen LogP contribution in [-0.2, 0) is 4.79 Å². The molecule has 0 saturated carbocycles. The molecule has 2 atom stereocenters. The standard InChI is InChI=1S/C19H22N2O3.ClH/c20-10-15-11-21(12-18(15)14-4-2-1-3-5-14)19(23)13-24-17-8-6-16(22)7-9-17;/h1-9,15,18,22H,10-13,20H2;1H/t15-,18+;/m1./s1. The van der Waals surface area contributed by atoms with Gasteiger partial charge in [-0.05, 0) is 42.3 Å². The van der Waals surface area contributed by atoms with Crippen LogP contribution in [0.4, 0.5) is 0 Å². The molecule has 0 bridgehead atoms. The zero-order valence-electron chi connectivity index (χ0n) is 13.9. The molecule has 1 aliphatic heterocycles. The van der Waals surface area contributed by atoms with E-state index >= 15 is 0 Å². The van der Waals surface area contributed by atoms with Crippen LogP contribution >= 0.6 is 12.4 Å². The van der Waals surface area contributed by atoms with Gasteiger partial charge in [0.05, 0.1) is 0 Å². The van der Waals surface area contributed by atoms with Crippen LogP contribution in [0.5, 0.6) is 11.5 Å². The zero-order chi connectivity index (χ0) is 16.9. The normalized spacial score (nSPS) is 19.3. The molecule has 0 aromatic heterocycles. The number of hydrogen-bond acceptors (Lipinski definition) is 4. The number of phenolic OH excluding ortho intramolecular Hbond substituents is 1. The summed E-state index contributed by atoms with van der Waals surface area (Å²) in [5.74, 6) is 1.24. The molecule has 5 nitrogen and oxygen atoms in total. The van der Waals surface area contributed by atoms with Crippen LogP contribution in [-0.4, -0.2) is 42.2 Å². The smallest absolute Gasteiger partial charge is 0.260 e. The molecule has 6 heteroatoms. The highest BCUT2D eigenvalue weighted by molar-refractivity contribution is 5.85. The molecule has 1 saturated heterocycles. The van der Waals surface area contributed by atoms with Crippen molar-refractivity contribution in [3.63, 3.8) is 0 Å². The summed E-state index contributed by atoms with van der Waals surface area (Å²) in [7, 11) is 0. The van der Waals surface area contributed by atoms with Crippen LogP contribution in [0.25, 0.3) is 0 Å². The fraction of sp³-hybridized carbons (Fsp3) is 0.316. The maximum absolute atomic E-state index is 12.4. The minimum atomic E-state index is -0.0417. The molecule has 134 valence electrons. The first-order chi connectivity index (χ1) is 11.7. The Balaban J connectivity index is 0.00000225. The van der Waals surface area contributed by atoms with Gasteiger partial charge in [0.2, 0.25) is 0 Å². The molecule has 1 fully saturated rings. The monoisotopic (exact) mass is 362 g/mol. The number of benzene rings is 2. The highest BCUT2D eigenvalue weighted by Crippen LogP contribution is 2.32. The van der Waals surface area contributed by atoms with E-state index in [0.717, 1.165) is 0 Å². The summed E-state index contributed by atoms with van der Waals surface area (Å²) in [6.07, 6.45) is 0. The van der Waals surface area contributed by atoms with E-state index < -0.39 is 0 Å². The van der Waals surface area contributed by atoms with Crippen molar-refractivity contribution in [2.75, 3.05) is 26.2 Å². The summed E-state index contributed by atoms with van der Waals surface area (Å²) >= 11 is 0. The van der Waals surface area contributed by atoms with Crippen molar-refractivity contribution >= 4 is 18.3 Å². The molecule has 0 radical (unpaired) electrons. The Kier molecular flexibility index (Phi) is 6.67. The highest BCUT2D eigenvalue weighted by atomic mass is 35.5. The third-order valence-corrected chi connectivity index (χ3v) is 4.52. The van der Waals surface area contributed by atoms with Crippen LogP contribution in [0, 0.1) is 5.92 Å². The molecule has 0 aliphatic carbocycles. The van der Waals surface area contributed by atoms with Gasteiger partial charge in [0.25, 0.3) is 5.91 Å². The number of likely N-dealkylation sites (tertiary alicyclic amines) is 1. The second kappa shape index (κ2) is 8.74. The van der Waals surface area contributed by atoms with Crippen molar-refractivity contribution in [3.8, 4) is 11.5 Å². The quantitative estimate of drug-likeness (QED) is 0.856. The third-order valence-electron chi connectivity index (χ3n) is 4.52. The van der Waals surface area contributed by atoms with E-state index in [1.54, 1.807) is 12.1 Å². The summed E-state index contributed by atoms with van der Waals surface area (Å²) in [5, 5.41) is 9.26. The molecular weight excluding hydrogens is 340 g/mol. The first-order valence-electron chi connectivity index (χ1n) is 8.12. The van der Waals surface area contributed by atoms with Gasteiger partial charge in [0.1, 0.15) is 11.5 Å². The predicted molar refractivity (Wildman–Crippen MR) is 99.2 cm³/mol. The number of ether oxygens (including phenoxy) is 1. The molecule has 3 N–H and O–H groups in total. The topological polar surface area (TPSA) is 75.8 Å². The van der Waals surface area contributed by atoms with Crippen LogP contribution in [0.3, 0.4) is 0 Å². The van der Waals surface area contributed by atoms with E-state index in [-0.39, 0.29) is 42.5 Å². The van der Waals surface area contributed by atoms with Gasteiger partial charge in [0.15, 0.2) is 6.61 Å². The summed E-state index contributed by atoms with van der Waals surface area (Å²) < 4.78 is 5.51. The Morgan fingerprint density at radius 2 is 1.80 bits per heavy atom. The lowest BCUT2D eigenvalue weighted by atomic mass is 9.89. The lowest BCUT2D eigenvalue weighted by Gasteiger charge is -2.17. The Morgan fingerprint density at radius 3 is 2.44 bits per heavy atom. The van der Waals surface area contributed by atoms with E-state index in [1.807, 2.05) is 23.1 Å². The second-order valence-corrected chi connectivity index (χ2v) is 6.09. The van der Waals surface area contributed by atoms with E-state index in [2.05, 4.69) is 12.1 Å². The third kappa shape index (κ3) is 4.65. The summed E-state index contributed by atoms with van der Waals surface area (Å²) in [6, 6.07) is 16.6. The van der Waals surface area contributed by atoms with Crippen molar-refractivity contribution in [2.45, 2.75) is 5.92 Å². The van der Waals surface area contributed by atoms with Crippen LogP contribution in [0.2, 0.25) is 0 Å². The van der Waals surface area contributed by atoms with Gasteiger partial charge in [-0.2, -0.15) is 0 Å². The molecular formula is C19H23ClN2O3. The van der Waals surface area contributed by atoms with E-state index in [9.17, 15) is 9.90 Å². The van der Waals surface area contributed by atoms with E-state index in [0.29, 0.717) is 25.4 Å². The van der Waals surface area contributed by atoms with E-state index in [4.69, 9.17) is 10.5 Å². The molecule has 2 aromatic rings. The number of carbonyl (C=O) groups excluding carboxylic acids is 1. The molecule has 1 amide bonds. The van der Waals surface area contributed by atoms with Gasteiger partial charge >= 0.3 is 0 Å². The summed E-state index contributed by atoms with van der Waals surface area (Å²) in [5.41, 5.74) is 7.13. The Labute approximate surface area is 153 Å². The van der Waals surface area contributed by atoms with Crippen molar-refractivity contribution in [1.82, 2.24) is 4.90 Å². The molecule has 25 heavy (non-hydrogen) atoms. The molecule has 2 aromatic carbocycles. The van der Waals surface area contributed by atoms with Gasteiger partial charge in [-0.1, -0.05) is 30.3 Å². The number of hydrogen-bond donors (Lipinski definition) is 2. The van der Waals surface area contributed by atoms with Gasteiger partial charge < -0.3 is 20.5 Å². The van der Waals surface area contributed by atoms with Gasteiger partial charge in [-0.15, -0.1) is 12.4 Å². The first-order valence-corrected chi connectivity index (χ1v) is 8.12. The maximum Gasteiger partial charge on any atom is 0.260 e. The molecule has 3 rings (SSSR count). The Bertz CT molecular complexity index is 679. The number of nitrogens with zero attached hydrogens (tertiary/aromatic N) is 1. The lowest BCUT2D eigenvalue weighted by Crippen LogP contribution is -2.33. The van der Waals surface area contributed by atoms with Crippen LogP contribution in [0.1, 0.15) is 11.5 Å². The Morgan fingerprint density at radius 1 is 1.12 bits per heavy atom. The number of carbonyl (C=O) groups is 1. The fourth-order valence-electron chi connectivity index (χ4n) is 3.17. The average Bonchev–Trinajstić information content (AvgIpc) is 3.06. The average molecular weight is 363 g/mol. The Hall–Kier alpha value is -2.24. The summed E-state index contributed by atoms with van der Waals surface area (Å²) in [4.78, 5) is 14.3. The molecule has 0 spiro atoms. The van der Waals surface area contributed by atoms with Gasteiger partial charge in [-0.3, -0.25) is 4.79 Å². The SMILES string of the molecule is Cl.NC[C@@H]1CN(C(=O)COc2ccc(O)cc2)C[C@H]1c1ccccc1. The lowest BCUT2D eigenvalue weighted by molar-refractivity contribution is -0.132. The predicted octanol–water partition coefficient (Wildman–Crippen LogP) is 2.39. The zero-order valence-corrected chi connectivity index (χ0v) is 14.7. The number of aromatic hydroxyl groups is 1. The van der Waals surface area contributed by atoms with Crippen molar-refractivity contribution in [1.29, 1.82) is 0 Å². The first kappa shape index (κ1) is 19.1. The van der Waals surface area contributed by atoms with Crippen molar-refractivity contribution in [3.05, 3.63) is 60.2 Å². The number of phenols is 1. The van der Waals surface area contributed by atoms with Crippen LogP contribution in [0.15, 0.2) is 54.6 Å². The largest absolute Gasteiger partial charge is 0.508 e. The fourth-order valence-corrected chi connectivity index (χ4v) is 3.17. The molecule has 1 aliphatic rings. The second-order valence-electron chi connectivity index (χ2n) is 6.09. The van der Waals surface area contributed by atoms with Gasteiger partial charge in [-0.25, -0.2) is 0 Å². The summed E-state index contributed by atoms with van der Waals surface area (Å²) in [6.45, 7) is 1.88. The van der Waals surface area contributed by atoms with Crippen molar-refractivity contribution < 1.29 is 14.6 Å². The number of rotatable bonds is 5. The van der Waals surface area contributed by atoms with Crippen molar-refractivity contribution in [2.24, 2.45) is 11.7 Å². The maximum atomic E-state index is 12.4. The van der Waals surface area contributed by atoms with E-state index in [1.165, 1.54) is 17.7 Å². The minimum Gasteiger partial charge on any atom is -0.508 e. The highest BCUT2D eigenvalue weighted by Gasteiger charge is 2.35. The van der Waals surface area contributed by atoms with Crippen LogP contribution < -0.4 is 10.5 Å². The minimum absolute atomic E-state index is 0. The van der Waals surface area contributed by atoms with Gasteiger partial charge in [0, 0.05) is 19.0 Å². The number of amides is 1. The number of nitrogens with two attached hydrogens (primary N) is 1. The number of halogens is 1. The molecule has 0 unspecified atom stereocenters. The molecule has 1 heterocycles.